The molecule has 0 amide bonds. The standard InChI is InChI=1S/C11H13ClF3N/c1-6-4-8(9(12)5-7(6)2)10(16-3)11(13,14)15/h4-5,10,16H,1-3H3. The van der Waals surface area contributed by atoms with Crippen LogP contribution in [0.25, 0.3) is 0 Å². The van der Waals surface area contributed by atoms with Gasteiger partial charge in [-0.2, -0.15) is 13.2 Å². The van der Waals surface area contributed by atoms with E-state index in [1.807, 2.05) is 6.92 Å². The molecule has 0 heterocycles. The van der Waals surface area contributed by atoms with Crippen LogP contribution in [0.1, 0.15) is 22.7 Å². The molecule has 0 aromatic heterocycles. The Labute approximate surface area is 97.6 Å². The SMILES string of the molecule is CNC(c1cc(C)c(C)cc1Cl)C(F)(F)F. The summed E-state index contributed by atoms with van der Waals surface area (Å²) >= 11 is 5.84. The molecule has 0 aliphatic rings. The Hall–Kier alpha value is -0.740. The van der Waals surface area contributed by atoms with E-state index in [-0.39, 0.29) is 10.6 Å². The van der Waals surface area contributed by atoms with Crippen LogP contribution in [-0.2, 0) is 0 Å². The third-order valence-electron chi connectivity index (χ3n) is 2.54. The normalized spacial score (nSPS) is 13.9. The van der Waals surface area contributed by atoms with E-state index in [1.165, 1.54) is 13.1 Å². The molecule has 0 saturated carbocycles. The van der Waals surface area contributed by atoms with Crippen LogP contribution in [0.2, 0.25) is 5.02 Å². The van der Waals surface area contributed by atoms with E-state index in [2.05, 4.69) is 5.32 Å². The second kappa shape index (κ2) is 4.63. The molecule has 1 rings (SSSR count). The smallest absolute Gasteiger partial charge is 0.305 e. The van der Waals surface area contributed by atoms with Crippen molar-refractivity contribution >= 4 is 11.6 Å². The number of aryl methyl sites for hydroxylation is 2. The lowest BCUT2D eigenvalue weighted by Gasteiger charge is -2.22. The van der Waals surface area contributed by atoms with Crippen LogP contribution < -0.4 is 5.32 Å². The van der Waals surface area contributed by atoms with E-state index in [9.17, 15) is 13.2 Å². The summed E-state index contributed by atoms with van der Waals surface area (Å²) in [5, 5.41) is 2.38. The predicted molar refractivity (Wildman–Crippen MR) is 58.8 cm³/mol. The van der Waals surface area contributed by atoms with Gasteiger partial charge in [-0.25, -0.2) is 0 Å². The largest absolute Gasteiger partial charge is 0.407 e. The van der Waals surface area contributed by atoms with Gasteiger partial charge in [-0.05, 0) is 43.7 Å². The number of nitrogens with one attached hydrogen (secondary N) is 1. The number of benzene rings is 1. The van der Waals surface area contributed by atoms with Crippen LogP contribution in [-0.4, -0.2) is 13.2 Å². The molecule has 1 nitrogen and oxygen atoms in total. The first kappa shape index (κ1) is 13.3. The molecule has 0 saturated heterocycles. The molecule has 90 valence electrons. The maximum Gasteiger partial charge on any atom is 0.407 e. The average molecular weight is 252 g/mol. The molecule has 1 aromatic carbocycles. The van der Waals surface area contributed by atoms with Gasteiger partial charge in [-0.1, -0.05) is 17.7 Å². The zero-order valence-electron chi connectivity index (χ0n) is 9.24. The minimum atomic E-state index is -4.35. The molecule has 1 atom stereocenters. The average Bonchev–Trinajstić information content (AvgIpc) is 2.12. The maximum absolute atomic E-state index is 12.7. The first-order valence-corrected chi connectivity index (χ1v) is 5.15. The number of hydrogen-bond donors (Lipinski definition) is 1. The monoisotopic (exact) mass is 251 g/mol. The van der Waals surface area contributed by atoms with Crippen molar-refractivity contribution in [2.45, 2.75) is 26.1 Å². The Kier molecular flexibility index (Phi) is 3.86. The third-order valence-corrected chi connectivity index (χ3v) is 2.87. The maximum atomic E-state index is 12.7. The van der Waals surface area contributed by atoms with E-state index in [1.54, 1.807) is 13.0 Å². The molecule has 0 spiro atoms. The van der Waals surface area contributed by atoms with Gasteiger partial charge in [-0.3, -0.25) is 0 Å². The highest BCUT2D eigenvalue weighted by molar-refractivity contribution is 6.31. The predicted octanol–water partition coefficient (Wildman–Crippen LogP) is 3.78. The van der Waals surface area contributed by atoms with Crippen molar-refractivity contribution in [3.63, 3.8) is 0 Å². The molecule has 1 N–H and O–H groups in total. The van der Waals surface area contributed by atoms with E-state index in [0.717, 1.165) is 11.1 Å². The second-order valence-corrected chi connectivity index (χ2v) is 4.13. The molecule has 1 aromatic rings. The van der Waals surface area contributed by atoms with E-state index in [0.29, 0.717) is 0 Å². The summed E-state index contributed by atoms with van der Waals surface area (Å²) in [6, 6.07) is 1.31. The fourth-order valence-electron chi connectivity index (χ4n) is 1.52. The number of halogens is 4. The second-order valence-electron chi connectivity index (χ2n) is 3.72. The molecule has 0 aliphatic carbocycles. The Morgan fingerprint density at radius 1 is 1.19 bits per heavy atom. The topological polar surface area (TPSA) is 12.0 Å². The first-order chi connectivity index (χ1) is 7.27. The van der Waals surface area contributed by atoms with Crippen LogP contribution in [0.3, 0.4) is 0 Å². The zero-order chi connectivity index (χ0) is 12.5. The van der Waals surface area contributed by atoms with Crippen LogP contribution in [0.4, 0.5) is 13.2 Å². The van der Waals surface area contributed by atoms with Crippen molar-refractivity contribution in [2.24, 2.45) is 0 Å². The van der Waals surface area contributed by atoms with Gasteiger partial charge in [0.15, 0.2) is 0 Å². The summed E-state index contributed by atoms with van der Waals surface area (Å²) in [5.74, 6) is 0. The summed E-state index contributed by atoms with van der Waals surface area (Å²) in [6.45, 7) is 3.57. The van der Waals surface area contributed by atoms with Crippen molar-refractivity contribution in [2.75, 3.05) is 7.05 Å². The zero-order valence-corrected chi connectivity index (χ0v) is 10.00. The minimum absolute atomic E-state index is 0.0692. The highest BCUT2D eigenvalue weighted by Crippen LogP contribution is 2.36. The lowest BCUT2D eigenvalue weighted by molar-refractivity contribution is -0.156. The summed E-state index contributed by atoms with van der Waals surface area (Å²) in [7, 11) is 1.27. The Balaban J connectivity index is 3.26. The van der Waals surface area contributed by atoms with E-state index in [4.69, 9.17) is 11.6 Å². The molecule has 0 bridgehead atoms. The van der Waals surface area contributed by atoms with Gasteiger partial charge in [0.2, 0.25) is 0 Å². The Morgan fingerprint density at radius 2 is 1.69 bits per heavy atom. The highest BCUT2D eigenvalue weighted by atomic mass is 35.5. The van der Waals surface area contributed by atoms with Crippen LogP contribution in [0, 0.1) is 13.8 Å². The summed E-state index contributed by atoms with van der Waals surface area (Å²) in [6.07, 6.45) is -4.35. The quantitative estimate of drug-likeness (QED) is 0.844. The number of rotatable bonds is 2. The highest BCUT2D eigenvalue weighted by Gasteiger charge is 2.40. The summed E-state index contributed by atoms with van der Waals surface area (Å²) in [4.78, 5) is 0. The van der Waals surface area contributed by atoms with Gasteiger partial charge in [0, 0.05) is 5.02 Å². The van der Waals surface area contributed by atoms with Crippen molar-refractivity contribution < 1.29 is 13.2 Å². The molecule has 5 heteroatoms. The van der Waals surface area contributed by atoms with Gasteiger partial charge < -0.3 is 5.32 Å². The van der Waals surface area contributed by atoms with Crippen molar-refractivity contribution in [1.82, 2.24) is 5.32 Å². The van der Waals surface area contributed by atoms with Gasteiger partial charge in [-0.15, -0.1) is 0 Å². The first-order valence-electron chi connectivity index (χ1n) is 4.78. The van der Waals surface area contributed by atoms with E-state index >= 15 is 0 Å². The molecule has 16 heavy (non-hydrogen) atoms. The fourth-order valence-corrected chi connectivity index (χ4v) is 1.85. The lowest BCUT2D eigenvalue weighted by atomic mass is 10.0. The van der Waals surface area contributed by atoms with Gasteiger partial charge in [0.05, 0.1) is 0 Å². The number of hydrogen-bond acceptors (Lipinski definition) is 1. The Bertz CT molecular complexity index is 388. The van der Waals surface area contributed by atoms with Crippen LogP contribution in [0.15, 0.2) is 12.1 Å². The molecule has 0 radical (unpaired) electrons. The van der Waals surface area contributed by atoms with Crippen LogP contribution in [0.5, 0.6) is 0 Å². The third kappa shape index (κ3) is 2.68. The Morgan fingerprint density at radius 3 is 2.12 bits per heavy atom. The van der Waals surface area contributed by atoms with Gasteiger partial charge in [0.1, 0.15) is 6.04 Å². The van der Waals surface area contributed by atoms with Crippen molar-refractivity contribution in [3.8, 4) is 0 Å². The fraction of sp³-hybridized carbons (Fsp3) is 0.455. The van der Waals surface area contributed by atoms with E-state index < -0.39 is 12.2 Å². The van der Waals surface area contributed by atoms with Crippen LogP contribution >= 0.6 is 11.6 Å². The summed E-state index contributed by atoms with van der Waals surface area (Å²) < 4.78 is 38.1. The van der Waals surface area contributed by atoms with Gasteiger partial charge >= 0.3 is 6.18 Å². The van der Waals surface area contributed by atoms with Gasteiger partial charge in [0.25, 0.3) is 0 Å². The molecule has 1 unspecified atom stereocenters. The minimum Gasteiger partial charge on any atom is -0.305 e. The van der Waals surface area contributed by atoms with Crippen molar-refractivity contribution in [3.05, 3.63) is 33.8 Å². The molecular weight excluding hydrogens is 239 g/mol. The molecule has 0 aliphatic heterocycles. The molecule has 0 fully saturated rings. The molecular formula is C11H13ClF3N. The summed E-state index contributed by atoms with van der Waals surface area (Å²) in [5.41, 5.74) is 1.74. The van der Waals surface area contributed by atoms with Crippen molar-refractivity contribution in [1.29, 1.82) is 0 Å². The number of alkyl halides is 3. The lowest BCUT2D eigenvalue weighted by Crippen LogP contribution is -2.32.